The highest BCUT2D eigenvalue weighted by Crippen LogP contribution is 2.28. The molecule has 0 bridgehead atoms. The topological polar surface area (TPSA) is 124 Å². The molecular formula is C25H35N5O4. The van der Waals surface area contributed by atoms with Crippen LogP contribution in [0.4, 0.5) is 10.5 Å². The van der Waals surface area contributed by atoms with Crippen molar-refractivity contribution >= 4 is 34.4 Å². The molecule has 1 saturated carbocycles. The number of pyridine rings is 1. The van der Waals surface area contributed by atoms with Gasteiger partial charge in [0.25, 0.3) is 5.91 Å². The number of nitrogens with one attached hydrogen (secondary N) is 3. The van der Waals surface area contributed by atoms with E-state index in [4.69, 9.17) is 5.21 Å². The molecule has 1 aliphatic carbocycles. The fraction of sp³-hybridized carbons (Fsp3) is 0.520. The number of para-hydroxylation sites is 1. The van der Waals surface area contributed by atoms with E-state index in [9.17, 15) is 14.4 Å². The van der Waals surface area contributed by atoms with Gasteiger partial charge in [-0.25, -0.2) is 10.3 Å². The third-order valence-corrected chi connectivity index (χ3v) is 6.32. The SMILES string of the molecule is CC(C)(C)C(NC(=O)Nc1cccc2cccnc12)C(=O)N(CCC1CCCC1)CC(=O)NO. The molecule has 1 fully saturated rings. The predicted octanol–water partition coefficient (Wildman–Crippen LogP) is 3.69. The summed E-state index contributed by atoms with van der Waals surface area (Å²) in [5, 5.41) is 15.5. The molecule has 9 nitrogen and oxygen atoms in total. The number of carbonyl (C=O) groups is 3. The van der Waals surface area contributed by atoms with Gasteiger partial charge in [-0.1, -0.05) is 64.7 Å². The van der Waals surface area contributed by atoms with Crippen molar-refractivity contribution in [3.05, 3.63) is 36.5 Å². The predicted molar refractivity (Wildman–Crippen MR) is 130 cm³/mol. The Kier molecular flexibility index (Phi) is 8.44. The van der Waals surface area contributed by atoms with Crippen molar-refractivity contribution in [3.8, 4) is 0 Å². The molecule has 4 N–H and O–H groups in total. The minimum Gasteiger partial charge on any atom is -0.331 e. The van der Waals surface area contributed by atoms with Crippen LogP contribution in [0.2, 0.25) is 0 Å². The van der Waals surface area contributed by atoms with E-state index in [-0.39, 0.29) is 12.5 Å². The number of aromatic nitrogens is 1. The van der Waals surface area contributed by atoms with Gasteiger partial charge < -0.3 is 15.5 Å². The van der Waals surface area contributed by atoms with Crippen LogP contribution >= 0.6 is 0 Å². The Morgan fingerprint density at radius 2 is 1.85 bits per heavy atom. The number of amides is 4. The van der Waals surface area contributed by atoms with Crippen molar-refractivity contribution in [3.63, 3.8) is 0 Å². The molecule has 0 saturated heterocycles. The van der Waals surface area contributed by atoms with Crippen LogP contribution in [0.15, 0.2) is 36.5 Å². The van der Waals surface area contributed by atoms with Crippen molar-refractivity contribution < 1.29 is 19.6 Å². The number of benzene rings is 1. The number of rotatable bonds is 8. The lowest BCUT2D eigenvalue weighted by molar-refractivity contribution is -0.142. The monoisotopic (exact) mass is 469 g/mol. The summed E-state index contributed by atoms with van der Waals surface area (Å²) in [6.45, 7) is 5.69. The fourth-order valence-corrected chi connectivity index (χ4v) is 4.44. The van der Waals surface area contributed by atoms with Gasteiger partial charge in [0.1, 0.15) is 12.6 Å². The van der Waals surface area contributed by atoms with Crippen LogP contribution in [-0.4, -0.2) is 52.1 Å². The van der Waals surface area contributed by atoms with Gasteiger partial charge in [-0.15, -0.1) is 0 Å². The van der Waals surface area contributed by atoms with Gasteiger partial charge in [0.15, 0.2) is 0 Å². The van der Waals surface area contributed by atoms with Crippen LogP contribution < -0.4 is 16.1 Å². The number of hydrogen-bond acceptors (Lipinski definition) is 5. The number of nitrogens with zero attached hydrogens (tertiary/aromatic N) is 2. The maximum atomic E-state index is 13.6. The van der Waals surface area contributed by atoms with Crippen LogP contribution in [0.5, 0.6) is 0 Å². The maximum Gasteiger partial charge on any atom is 0.319 e. The quantitative estimate of drug-likeness (QED) is 0.347. The molecule has 34 heavy (non-hydrogen) atoms. The molecular weight excluding hydrogens is 434 g/mol. The van der Waals surface area contributed by atoms with E-state index in [1.165, 1.54) is 17.7 Å². The molecule has 0 radical (unpaired) electrons. The standard InChI is InChI=1S/C25H35N5O4/c1-25(2,3)22(23(32)30(16-20(31)29-34)15-13-17-8-4-5-9-17)28-24(33)27-19-12-6-10-18-11-7-14-26-21(18)19/h6-7,10-12,14,17,22,34H,4-5,8-9,13,15-16H2,1-3H3,(H,29,31)(H2,27,28,33). The minimum absolute atomic E-state index is 0.273. The van der Waals surface area contributed by atoms with Crippen LogP contribution in [0, 0.1) is 11.3 Å². The first kappa shape index (κ1) is 25.4. The summed E-state index contributed by atoms with van der Waals surface area (Å²) in [6.07, 6.45) is 7.06. The van der Waals surface area contributed by atoms with Crippen molar-refractivity contribution in [1.29, 1.82) is 0 Å². The first-order valence-electron chi connectivity index (χ1n) is 11.8. The molecule has 1 atom stereocenters. The Hall–Kier alpha value is -3.20. The van der Waals surface area contributed by atoms with E-state index in [0.717, 1.165) is 24.6 Å². The zero-order valence-electron chi connectivity index (χ0n) is 20.1. The van der Waals surface area contributed by atoms with Crippen molar-refractivity contribution in [2.75, 3.05) is 18.4 Å². The molecule has 3 rings (SSSR count). The first-order valence-corrected chi connectivity index (χ1v) is 11.8. The highest BCUT2D eigenvalue weighted by Gasteiger charge is 2.36. The van der Waals surface area contributed by atoms with E-state index in [1.807, 2.05) is 45.0 Å². The number of hydrogen-bond donors (Lipinski definition) is 4. The Morgan fingerprint density at radius 3 is 2.53 bits per heavy atom. The van der Waals surface area contributed by atoms with E-state index in [0.29, 0.717) is 23.7 Å². The summed E-state index contributed by atoms with van der Waals surface area (Å²) in [6, 6.07) is 7.79. The lowest BCUT2D eigenvalue weighted by Crippen LogP contribution is -2.57. The van der Waals surface area contributed by atoms with Gasteiger partial charge in [-0.05, 0) is 29.9 Å². The maximum absolute atomic E-state index is 13.6. The van der Waals surface area contributed by atoms with Gasteiger partial charge in [0, 0.05) is 18.1 Å². The molecule has 2 aromatic rings. The zero-order chi connectivity index (χ0) is 24.7. The summed E-state index contributed by atoms with van der Waals surface area (Å²) >= 11 is 0. The smallest absolute Gasteiger partial charge is 0.319 e. The molecule has 0 spiro atoms. The van der Waals surface area contributed by atoms with Gasteiger partial charge in [-0.2, -0.15) is 0 Å². The molecule has 1 aromatic heterocycles. The Morgan fingerprint density at radius 1 is 1.15 bits per heavy atom. The van der Waals surface area contributed by atoms with Crippen molar-refractivity contribution in [2.24, 2.45) is 11.3 Å². The Balaban J connectivity index is 1.75. The molecule has 0 aliphatic heterocycles. The summed E-state index contributed by atoms with van der Waals surface area (Å²) < 4.78 is 0. The molecule has 4 amide bonds. The Labute approximate surface area is 200 Å². The minimum atomic E-state index is -0.884. The molecule has 1 aromatic carbocycles. The highest BCUT2D eigenvalue weighted by atomic mass is 16.5. The lowest BCUT2D eigenvalue weighted by Gasteiger charge is -2.35. The largest absolute Gasteiger partial charge is 0.331 e. The zero-order valence-corrected chi connectivity index (χ0v) is 20.1. The third-order valence-electron chi connectivity index (χ3n) is 6.32. The van der Waals surface area contributed by atoms with Gasteiger partial charge >= 0.3 is 6.03 Å². The van der Waals surface area contributed by atoms with E-state index in [2.05, 4.69) is 15.6 Å². The fourth-order valence-electron chi connectivity index (χ4n) is 4.44. The van der Waals surface area contributed by atoms with Gasteiger partial charge in [0.2, 0.25) is 5.91 Å². The average Bonchev–Trinajstić information content (AvgIpc) is 3.33. The molecule has 1 heterocycles. The molecule has 9 heteroatoms. The van der Waals surface area contributed by atoms with Crippen molar-refractivity contribution in [1.82, 2.24) is 20.7 Å². The van der Waals surface area contributed by atoms with Crippen molar-refractivity contribution in [2.45, 2.75) is 58.9 Å². The summed E-state index contributed by atoms with van der Waals surface area (Å²) in [4.78, 5) is 44.2. The molecule has 184 valence electrons. The van der Waals surface area contributed by atoms with Crippen LogP contribution in [0.3, 0.4) is 0 Å². The summed E-state index contributed by atoms with van der Waals surface area (Å²) in [5.74, 6) is -0.505. The first-order chi connectivity index (χ1) is 16.2. The summed E-state index contributed by atoms with van der Waals surface area (Å²) in [5.41, 5.74) is 2.17. The van der Waals surface area contributed by atoms with Crippen LogP contribution in [-0.2, 0) is 9.59 Å². The molecule has 1 unspecified atom stereocenters. The average molecular weight is 470 g/mol. The highest BCUT2D eigenvalue weighted by molar-refractivity contribution is 6.01. The second-order valence-corrected chi connectivity index (χ2v) is 10.0. The number of fused-ring (bicyclic) bond motifs is 1. The Bertz CT molecular complexity index is 1010. The van der Waals surface area contributed by atoms with Gasteiger partial charge in [-0.3, -0.25) is 19.8 Å². The lowest BCUT2D eigenvalue weighted by atomic mass is 9.85. The molecule has 1 aliphatic rings. The van der Waals surface area contributed by atoms with E-state index in [1.54, 1.807) is 17.7 Å². The van der Waals surface area contributed by atoms with Crippen LogP contribution in [0.25, 0.3) is 10.9 Å². The number of anilines is 1. The van der Waals surface area contributed by atoms with Gasteiger partial charge in [0.05, 0.1) is 11.2 Å². The normalized spacial score (nSPS) is 15.1. The van der Waals surface area contributed by atoms with Crippen LogP contribution in [0.1, 0.15) is 52.9 Å². The third kappa shape index (κ3) is 6.66. The second-order valence-electron chi connectivity index (χ2n) is 10.0. The van der Waals surface area contributed by atoms with E-state index < -0.39 is 23.4 Å². The summed E-state index contributed by atoms with van der Waals surface area (Å²) in [7, 11) is 0. The number of carbonyl (C=O) groups excluding carboxylic acids is 3. The number of urea groups is 1. The number of hydroxylamine groups is 1. The second kappa shape index (κ2) is 11.3. The van der Waals surface area contributed by atoms with E-state index >= 15 is 0 Å².